The molecule has 1 aliphatic heterocycles. The largest absolute Gasteiger partial charge is 0.337 e. The van der Waals surface area contributed by atoms with Crippen molar-refractivity contribution >= 4 is 41.0 Å². The van der Waals surface area contributed by atoms with Crippen molar-refractivity contribution in [2.75, 3.05) is 23.0 Å². The van der Waals surface area contributed by atoms with E-state index in [1.54, 1.807) is 33.2 Å². The molecule has 11 heteroatoms. The van der Waals surface area contributed by atoms with E-state index in [4.69, 9.17) is 0 Å². The lowest BCUT2D eigenvalue weighted by Crippen LogP contribution is -2.48. The quantitative estimate of drug-likeness (QED) is 0.494. The van der Waals surface area contributed by atoms with Crippen molar-refractivity contribution in [3.05, 3.63) is 59.8 Å². The first-order valence-corrected chi connectivity index (χ1v) is 11.8. The molecule has 0 aliphatic carbocycles. The van der Waals surface area contributed by atoms with Crippen LogP contribution in [-0.2, 0) is 16.0 Å². The normalized spacial score (nSPS) is 15.6. The molecule has 0 saturated heterocycles. The van der Waals surface area contributed by atoms with Crippen LogP contribution in [0.4, 0.5) is 11.5 Å². The number of hydrogen-bond donors (Lipinski definition) is 3. The highest BCUT2D eigenvalue weighted by Crippen LogP contribution is 2.34. The molecule has 4 rings (SSSR count). The van der Waals surface area contributed by atoms with Gasteiger partial charge in [0.1, 0.15) is 17.7 Å². The van der Waals surface area contributed by atoms with Crippen LogP contribution in [0.5, 0.6) is 0 Å². The number of H-pyrrole nitrogens is 1. The van der Waals surface area contributed by atoms with Crippen molar-refractivity contribution in [2.24, 2.45) is 5.92 Å². The minimum Gasteiger partial charge on any atom is -0.337 e. The summed E-state index contributed by atoms with van der Waals surface area (Å²) in [7, 11) is 1.63. The van der Waals surface area contributed by atoms with Crippen molar-refractivity contribution in [3.63, 3.8) is 0 Å². The van der Waals surface area contributed by atoms with Gasteiger partial charge in [0.15, 0.2) is 0 Å². The summed E-state index contributed by atoms with van der Waals surface area (Å²) in [6.45, 7) is 3.58. The zero-order chi connectivity index (χ0) is 24.2. The number of aromatic nitrogens is 4. The number of anilines is 2. The number of fused-ring (bicyclic) bond motifs is 1. The predicted molar refractivity (Wildman–Crippen MR) is 129 cm³/mol. The minimum absolute atomic E-state index is 0.0199. The first-order valence-electron chi connectivity index (χ1n) is 10.8. The fourth-order valence-corrected chi connectivity index (χ4v) is 4.38. The van der Waals surface area contributed by atoms with E-state index in [1.165, 1.54) is 16.7 Å². The van der Waals surface area contributed by atoms with E-state index in [2.05, 4.69) is 30.8 Å². The molecule has 34 heavy (non-hydrogen) atoms. The molecule has 0 radical (unpaired) electrons. The van der Waals surface area contributed by atoms with Gasteiger partial charge in [-0.25, -0.2) is 9.97 Å². The molecule has 0 bridgehead atoms. The van der Waals surface area contributed by atoms with Gasteiger partial charge in [0.05, 0.1) is 5.69 Å². The molecule has 1 atom stereocenters. The maximum Gasteiger partial charge on any atom is 0.291 e. The maximum atomic E-state index is 13.1. The highest BCUT2D eigenvalue weighted by atomic mass is 32.2. The molecule has 0 fully saturated rings. The number of carbonyl (C=O) groups excluding carboxylic acids is 3. The fourth-order valence-electron chi connectivity index (χ4n) is 3.33. The van der Waals surface area contributed by atoms with Crippen molar-refractivity contribution < 1.29 is 14.4 Å². The molecule has 1 aliphatic rings. The summed E-state index contributed by atoms with van der Waals surface area (Å²) in [6, 6.07) is 10.6. The number of carbonyl (C=O) groups is 3. The first kappa shape index (κ1) is 23.4. The van der Waals surface area contributed by atoms with E-state index in [1.807, 2.05) is 30.3 Å². The lowest BCUT2D eigenvalue weighted by Gasteiger charge is -2.21. The summed E-state index contributed by atoms with van der Waals surface area (Å²) in [6.07, 6.45) is 2.13. The minimum atomic E-state index is -0.778. The standard InChI is InChI=1S/C23H25N7O3S/c1-13(2)21(31)27-18-10-16-17(11-24-18)34-12-15(23(33)30(16)3)25-22(32)20-26-19(28-29-20)9-14-7-5-4-6-8-14/h4-8,10-11,13,15H,9,12H2,1-3H3,(H,25,32)(H,24,27,31)(H,26,28,29)/t15-/m0/s1. The van der Waals surface area contributed by atoms with Crippen molar-refractivity contribution in [3.8, 4) is 0 Å². The number of benzene rings is 1. The highest BCUT2D eigenvalue weighted by molar-refractivity contribution is 7.99. The Morgan fingerprint density at radius 3 is 2.76 bits per heavy atom. The van der Waals surface area contributed by atoms with Gasteiger partial charge in [0.25, 0.3) is 5.91 Å². The molecule has 3 aromatic rings. The van der Waals surface area contributed by atoms with Crippen molar-refractivity contribution in [2.45, 2.75) is 31.2 Å². The smallest absolute Gasteiger partial charge is 0.291 e. The Hall–Kier alpha value is -3.73. The number of thioether (sulfide) groups is 1. The molecule has 10 nitrogen and oxygen atoms in total. The summed E-state index contributed by atoms with van der Waals surface area (Å²) < 4.78 is 0. The third-order valence-electron chi connectivity index (χ3n) is 5.27. The first-order chi connectivity index (χ1) is 16.3. The van der Waals surface area contributed by atoms with Crippen LogP contribution in [0.1, 0.15) is 35.9 Å². The SMILES string of the molecule is CC(C)C(=O)Nc1cc2c(cn1)SC[C@H](NC(=O)c1n[nH]c(Cc3ccccc3)n1)C(=O)N2C. The zero-order valence-electron chi connectivity index (χ0n) is 19.0. The molecule has 2 aromatic heterocycles. The summed E-state index contributed by atoms with van der Waals surface area (Å²) in [4.78, 5) is 48.7. The number of rotatable bonds is 6. The van der Waals surface area contributed by atoms with Gasteiger partial charge >= 0.3 is 0 Å². The van der Waals surface area contributed by atoms with E-state index < -0.39 is 11.9 Å². The van der Waals surface area contributed by atoms with Gasteiger partial charge in [0.2, 0.25) is 17.6 Å². The number of hydrogen-bond acceptors (Lipinski definition) is 7. The zero-order valence-corrected chi connectivity index (χ0v) is 19.8. The Morgan fingerprint density at radius 1 is 1.26 bits per heavy atom. The van der Waals surface area contributed by atoms with Crippen LogP contribution in [0.3, 0.4) is 0 Å². The Morgan fingerprint density at radius 2 is 2.03 bits per heavy atom. The van der Waals surface area contributed by atoms with Gasteiger partial charge in [-0.3, -0.25) is 19.5 Å². The number of pyridine rings is 1. The fraction of sp³-hybridized carbons (Fsp3) is 0.304. The number of amides is 3. The third-order valence-corrected chi connectivity index (χ3v) is 6.40. The Balaban J connectivity index is 1.44. The van der Waals surface area contributed by atoms with Crippen LogP contribution in [0.2, 0.25) is 0 Å². The van der Waals surface area contributed by atoms with Crippen LogP contribution < -0.4 is 15.5 Å². The molecular formula is C23H25N7O3S. The number of aromatic amines is 1. The van der Waals surface area contributed by atoms with E-state index in [9.17, 15) is 14.4 Å². The van der Waals surface area contributed by atoms with Crippen LogP contribution in [-0.4, -0.2) is 56.7 Å². The summed E-state index contributed by atoms with van der Waals surface area (Å²) in [5, 5.41) is 12.3. The van der Waals surface area contributed by atoms with Crippen LogP contribution in [0, 0.1) is 5.92 Å². The second-order valence-electron chi connectivity index (χ2n) is 8.18. The monoisotopic (exact) mass is 479 g/mol. The maximum absolute atomic E-state index is 13.1. The van der Waals surface area contributed by atoms with Crippen molar-refractivity contribution in [1.82, 2.24) is 25.5 Å². The Kier molecular flexibility index (Phi) is 6.92. The molecule has 0 unspecified atom stereocenters. The van der Waals surface area contributed by atoms with E-state index in [-0.39, 0.29) is 23.6 Å². The second-order valence-corrected chi connectivity index (χ2v) is 9.25. The van der Waals surface area contributed by atoms with Crippen LogP contribution in [0.25, 0.3) is 0 Å². The number of likely N-dealkylation sites (N-methyl/N-ethyl adjacent to an activating group) is 1. The molecule has 0 spiro atoms. The molecule has 1 aromatic carbocycles. The van der Waals surface area contributed by atoms with E-state index >= 15 is 0 Å². The Bertz CT molecular complexity index is 1210. The lowest BCUT2D eigenvalue weighted by atomic mass is 10.1. The van der Waals surface area contributed by atoms with Gasteiger partial charge in [-0.05, 0) is 5.56 Å². The van der Waals surface area contributed by atoms with Gasteiger partial charge in [-0.2, -0.15) is 0 Å². The number of nitrogens with zero attached hydrogens (tertiary/aromatic N) is 4. The summed E-state index contributed by atoms with van der Waals surface area (Å²) in [5.41, 5.74) is 1.65. The van der Waals surface area contributed by atoms with E-state index in [0.717, 1.165) is 10.5 Å². The molecule has 3 N–H and O–H groups in total. The summed E-state index contributed by atoms with van der Waals surface area (Å²) in [5.74, 6) is 0.0558. The lowest BCUT2D eigenvalue weighted by molar-refractivity contribution is -0.120. The molecule has 0 saturated carbocycles. The third kappa shape index (κ3) is 5.25. The van der Waals surface area contributed by atoms with E-state index in [0.29, 0.717) is 29.5 Å². The van der Waals surface area contributed by atoms with Crippen LogP contribution in [0.15, 0.2) is 47.5 Å². The molecule has 176 valence electrons. The average Bonchev–Trinajstić information content (AvgIpc) is 3.26. The number of nitrogens with one attached hydrogen (secondary N) is 3. The predicted octanol–water partition coefficient (Wildman–Crippen LogP) is 2.25. The van der Waals surface area contributed by atoms with Gasteiger partial charge in [0, 0.05) is 42.3 Å². The van der Waals surface area contributed by atoms with Gasteiger partial charge < -0.3 is 15.5 Å². The van der Waals surface area contributed by atoms with Gasteiger partial charge in [-0.15, -0.1) is 16.9 Å². The highest BCUT2D eigenvalue weighted by Gasteiger charge is 2.31. The van der Waals surface area contributed by atoms with Crippen molar-refractivity contribution in [1.29, 1.82) is 0 Å². The molecule has 3 heterocycles. The second kappa shape index (κ2) is 10.0. The topological polar surface area (TPSA) is 133 Å². The molecule has 3 amide bonds. The van der Waals surface area contributed by atoms with Gasteiger partial charge in [-0.1, -0.05) is 44.2 Å². The Labute approximate surface area is 200 Å². The molecular weight excluding hydrogens is 454 g/mol. The average molecular weight is 480 g/mol. The van der Waals surface area contributed by atoms with Crippen LogP contribution >= 0.6 is 11.8 Å². The summed E-state index contributed by atoms with van der Waals surface area (Å²) >= 11 is 1.40.